The zero-order valence-electron chi connectivity index (χ0n) is 11.6. The number of hydrogen-bond acceptors (Lipinski definition) is 7. The molecule has 0 amide bonds. The Balaban J connectivity index is 0.00000192. The van der Waals surface area contributed by atoms with Crippen LogP contribution in [0.15, 0.2) is 39.5 Å². The largest absolute Gasteiger partial charge is 0.508 e. The van der Waals surface area contributed by atoms with E-state index in [0.29, 0.717) is 0 Å². The molecule has 0 aliphatic carbocycles. The number of phenolic OH excluding ortho intramolecular Hbond substituents is 4. The molecule has 0 saturated heterocycles. The summed E-state index contributed by atoms with van der Waals surface area (Å²) in [5, 5.41) is 47.6. The SMILES string of the molecule is O=c1c(O)c(-c2ccc(O)c(O)c2)oc2cc(O)cc(O)c12.[Cd]. The van der Waals surface area contributed by atoms with Crippen molar-refractivity contribution in [3.63, 3.8) is 0 Å². The quantitative estimate of drug-likeness (QED) is 0.304. The first-order valence-electron chi connectivity index (χ1n) is 6.12. The summed E-state index contributed by atoms with van der Waals surface area (Å²) >= 11 is 0. The number of hydrogen-bond donors (Lipinski definition) is 5. The van der Waals surface area contributed by atoms with Gasteiger partial charge in [0.05, 0.1) is 0 Å². The van der Waals surface area contributed by atoms with Gasteiger partial charge in [0.2, 0.25) is 11.2 Å². The van der Waals surface area contributed by atoms with Crippen molar-refractivity contribution >= 4 is 11.0 Å². The van der Waals surface area contributed by atoms with Crippen LogP contribution in [0.2, 0.25) is 0 Å². The molecular weight excluding hydrogens is 405 g/mol. The summed E-state index contributed by atoms with van der Waals surface area (Å²) in [7, 11) is 0. The number of rotatable bonds is 1. The fraction of sp³-hybridized carbons (Fsp3) is 0. The monoisotopic (exact) mass is 416 g/mol. The van der Waals surface area contributed by atoms with Crippen LogP contribution >= 0.6 is 0 Å². The van der Waals surface area contributed by atoms with Crippen LogP contribution in [0, 0.1) is 0 Å². The summed E-state index contributed by atoms with van der Waals surface area (Å²) in [4.78, 5) is 12.1. The van der Waals surface area contributed by atoms with Crippen molar-refractivity contribution in [2.24, 2.45) is 0 Å². The van der Waals surface area contributed by atoms with Gasteiger partial charge in [-0.25, -0.2) is 0 Å². The Morgan fingerprint density at radius 2 is 1.52 bits per heavy atom. The normalized spacial score (nSPS) is 10.4. The summed E-state index contributed by atoms with van der Waals surface area (Å²) in [5.74, 6) is -2.71. The number of benzene rings is 2. The Bertz CT molecular complexity index is 962. The van der Waals surface area contributed by atoms with Crippen LogP contribution in [0.4, 0.5) is 0 Å². The van der Waals surface area contributed by atoms with Crippen LogP contribution in [0.1, 0.15) is 0 Å². The van der Waals surface area contributed by atoms with E-state index in [1.54, 1.807) is 0 Å². The molecule has 0 aliphatic rings. The summed E-state index contributed by atoms with van der Waals surface area (Å²) in [6, 6.07) is 5.64. The maximum absolute atomic E-state index is 12.1. The minimum atomic E-state index is -0.888. The van der Waals surface area contributed by atoms with Crippen molar-refractivity contribution in [3.05, 3.63) is 40.6 Å². The van der Waals surface area contributed by atoms with Gasteiger partial charge in [0, 0.05) is 45.0 Å². The van der Waals surface area contributed by atoms with Crippen LogP contribution in [-0.2, 0) is 27.3 Å². The molecule has 0 spiro atoms. The molecule has 0 radical (unpaired) electrons. The predicted octanol–water partition coefficient (Wildman–Crippen LogP) is 1.99. The Kier molecular flexibility index (Phi) is 4.41. The van der Waals surface area contributed by atoms with Gasteiger partial charge in [0.15, 0.2) is 17.3 Å². The Hall–Kier alpha value is -2.43. The average molecular weight is 415 g/mol. The van der Waals surface area contributed by atoms with E-state index in [2.05, 4.69) is 0 Å². The first-order valence-corrected chi connectivity index (χ1v) is 6.12. The van der Waals surface area contributed by atoms with Crippen molar-refractivity contribution < 1.29 is 57.2 Å². The summed E-state index contributed by atoms with van der Waals surface area (Å²) < 4.78 is 5.35. The van der Waals surface area contributed by atoms with Crippen molar-refractivity contribution in [1.82, 2.24) is 0 Å². The van der Waals surface area contributed by atoms with Crippen LogP contribution < -0.4 is 5.43 Å². The van der Waals surface area contributed by atoms with Gasteiger partial charge >= 0.3 is 0 Å². The number of aromatic hydroxyl groups is 5. The topological polar surface area (TPSA) is 131 Å². The summed E-state index contributed by atoms with van der Waals surface area (Å²) in [6.45, 7) is 0. The maximum atomic E-state index is 12.1. The zero-order valence-corrected chi connectivity index (χ0v) is 15.7. The molecule has 0 saturated carbocycles. The fourth-order valence-electron chi connectivity index (χ4n) is 2.14. The fourth-order valence-corrected chi connectivity index (χ4v) is 2.14. The first kappa shape index (κ1) is 16.9. The van der Waals surface area contributed by atoms with E-state index in [1.807, 2.05) is 0 Å². The van der Waals surface area contributed by atoms with E-state index in [9.17, 15) is 30.3 Å². The average Bonchev–Trinajstić information content (AvgIpc) is 2.45. The molecular formula is C15H10CdO7. The molecule has 5 N–H and O–H groups in total. The second-order valence-electron chi connectivity index (χ2n) is 4.65. The third-order valence-electron chi connectivity index (χ3n) is 3.17. The Labute approximate surface area is 148 Å². The third-order valence-corrected chi connectivity index (χ3v) is 3.17. The van der Waals surface area contributed by atoms with Gasteiger partial charge in [-0.3, -0.25) is 4.79 Å². The minimum absolute atomic E-state index is 0. The standard InChI is InChI=1S/C15H10O7.Cd/c16-7-4-10(19)12-11(5-7)22-15(14(21)13(12)20)6-1-2-8(17)9(18)3-6;/h1-5,16-19,21H;. The van der Waals surface area contributed by atoms with E-state index >= 15 is 0 Å². The molecule has 2 aromatic carbocycles. The van der Waals surface area contributed by atoms with Crippen molar-refractivity contribution in [1.29, 1.82) is 0 Å². The number of fused-ring (bicyclic) bond motifs is 1. The summed E-state index contributed by atoms with van der Waals surface area (Å²) in [6.07, 6.45) is 0. The molecule has 0 fully saturated rings. The molecule has 1 aromatic heterocycles. The molecule has 0 unspecified atom stereocenters. The van der Waals surface area contributed by atoms with E-state index in [4.69, 9.17) is 4.42 Å². The van der Waals surface area contributed by atoms with Crippen LogP contribution in [0.3, 0.4) is 0 Å². The Morgan fingerprint density at radius 1 is 0.826 bits per heavy atom. The van der Waals surface area contributed by atoms with Gasteiger partial charge < -0.3 is 29.9 Å². The van der Waals surface area contributed by atoms with E-state index < -0.39 is 22.7 Å². The van der Waals surface area contributed by atoms with Gasteiger partial charge in [0.1, 0.15) is 22.5 Å². The van der Waals surface area contributed by atoms with E-state index in [0.717, 1.165) is 24.3 Å². The molecule has 3 rings (SSSR count). The predicted molar refractivity (Wildman–Crippen MR) is 76.2 cm³/mol. The zero-order chi connectivity index (χ0) is 16.0. The molecule has 3 aromatic rings. The van der Waals surface area contributed by atoms with Crippen molar-refractivity contribution in [3.8, 4) is 40.1 Å². The van der Waals surface area contributed by atoms with E-state index in [-0.39, 0.29) is 61.1 Å². The van der Waals surface area contributed by atoms with Gasteiger partial charge in [-0.2, -0.15) is 0 Å². The molecule has 23 heavy (non-hydrogen) atoms. The molecule has 7 nitrogen and oxygen atoms in total. The van der Waals surface area contributed by atoms with E-state index in [1.165, 1.54) is 6.07 Å². The second-order valence-corrected chi connectivity index (χ2v) is 4.65. The van der Waals surface area contributed by atoms with Gasteiger partial charge in [-0.05, 0) is 18.2 Å². The maximum Gasteiger partial charge on any atom is 0.238 e. The van der Waals surface area contributed by atoms with Crippen LogP contribution in [0.5, 0.6) is 28.7 Å². The van der Waals surface area contributed by atoms with Gasteiger partial charge in [-0.15, -0.1) is 0 Å². The number of phenols is 4. The van der Waals surface area contributed by atoms with Gasteiger partial charge in [0.25, 0.3) is 0 Å². The van der Waals surface area contributed by atoms with Crippen LogP contribution in [-0.4, -0.2) is 25.5 Å². The van der Waals surface area contributed by atoms with Crippen molar-refractivity contribution in [2.45, 2.75) is 0 Å². The Morgan fingerprint density at radius 3 is 2.17 bits per heavy atom. The third kappa shape index (κ3) is 2.79. The van der Waals surface area contributed by atoms with Gasteiger partial charge in [-0.1, -0.05) is 0 Å². The first-order chi connectivity index (χ1) is 10.4. The van der Waals surface area contributed by atoms with Crippen molar-refractivity contribution in [2.75, 3.05) is 0 Å². The smallest absolute Gasteiger partial charge is 0.238 e. The molecule has 114 valence electrons. The van der Waals surface area contributed by atoms with Crippen LogP contribution in [0.25, 0.3) is 22.3 Å². The minimum Gasteiger partial charge on any atom is -0.508 e. The molecule has 1 heterocycles. The molecule has 0 aliphatic heterocycles. The second kappa shape index (κ2) is 5.99. The molecule has 0 atom stereocenters. The molecule has 8 heteroatoms. The summed E-state index contributed by atoms with van der Waals surface area (Å²) in [5.41, 5.74) is -0.890. The molecule has 0 bridgehead atoms.